The van der Waals surface area contributed by atoms with Gasteiger partial charge in [-0.2, -0.15) is 5.06 Å². The average Bonchev–Trinajstić information content (AvgIpc) is 3.55. The Kier molecular flexibility index (Phi) is 6.00. The molecule has 2 aromatic rings. The summed E-state index contributed by atoms with van der Waals surface area (Å²) in [5, 5.41) is 19.5. The Morgan fingerprint density at radius 2 is 1.51 bits per heavy atom. The van der Waals surface area contributed by atoms with Crippen molar-refractivity contribution >= 4 is 52.5 Å². The van der Waals surface area contributed by atoms with Gasteiger partial charge >= 0.3 is 0 Å². The van der Waals surface area contributed by atoms with E-state index in [1.165, 1.54) is 18.2 Å². The van der Waals surface area contributed by atoms with Gasteiger partial charge < -0.3 is 9.52 Å². The van der Waals surface area contributed by atoms with E-state index in [1.807, 2.05) is 0 Å². The molecule has 4 amide bonds. The molecule has 1 aromatic carbocycles. The maximum atomic E-state index is 14.9. The number of rotatable bonds is 3. The van der Waals surface area contributed by atoms with Gasteiger partial charge in [-0.25, -0.2) is 26.9 Å². The molecule has 3 fully saturated rings. The molecule has 2 N–H and O–H groups in total. The van der Waals surface area contributed by atoms with Gasteiger partial charge in [0.05, 0.1) is 17.8 Å². The number of fused-ring (bicyclic) bond motifs is 4. The van der Waals surface area contributed by atoms with Crippen LogP contribution in [0.1, 0.15) is 30.3 Å². The van der Waals surface area contributed by atoms with Crippen LogP contribution in [0.3, 0.4) is 0 Å². The lowest BCUT2D eigenvalue weighted by Crippen LogP contribution is -2.60. The first-order chi connectivity index (χ1) is 19.2. The first-order valence-corrected chi connectivity index (χ1v) is 12.7. The summed E-state index contributed by atoms with van der Waals surface area (Å²) in [7, 11) is 0. The number of carbonyl (C=O) groups is 4. The number of benzene rings is 1. The summed E-state index contributed by atoms with van der Waals surface area (Å²) < 4.78 is 77.4. The SMILES string of the molecule is O=C1C2CC=C3C(CC4(Cl)C(=O)N(c5c(F)c(F)c(F)c(F)c5F)C(=O)C4(Cl)C3c3ccc(CO)o3)C2C(=O)N1O. The molecule has 16 heteroatoms. The Morgan fingerprint density at radius 3 is 2.10 bits per heavy atom. The van der Waals surface area contributed by atoms with Crippen molar-refractivity contribution in [2.45, 2.75) is 35.1 Å². The van der Waals surface area contributed by atoms with Crippen LogP contribution >= 0.6 is 23.2 Å². The van der Waals surface area contributed by atoms with Crippen molar-refractivity contribution in [2.24, 2.45) is 17.8 Å². The van der Waals surface area contributed by atoms with E-state index < -0.39 is 105 Å². The smallest absolute Gasteiger partial charge is 0.258 e. The van der Waals surface area contributed by atoms with Gasteiger partial charge in [-0.05, 0) is 30.9 Å². The Labute approximate surface area is 235 Å². The summed E-state index contributed by atoms with van der Waals surface area (Å²) >= 11 is 13.7. The van der Waals surface area contributed by atoms with E-state index in [2.05, 4.69) is 0 Å². The second kappa shape index (κ2) is 8.84. The van der Waals surface area contributed by atoms with E-state index in [1.54, 1.807) is 0 Å². The highest BCUT2D eigenvalue weighted by atomic mass is 35.5. The van der Waals surface area contributed by atoms with Crippen LogP contribution in [0.25, 0.3) is 0 Å². The molecule has 0 spiro atoms. The zero-order valence-electron chi connectivity index (χ0n) is 20.1. The minimum absolute atomic E-state index is 0.0427. The van der Waals surface area contributed by atoms with Gasteiger partial charge in [0.15, 0.2) is 33.0 Å². The third kappa shape index (κ3) is 3.24. The highest BCUT2D eigenvalue weighted by molar-refractivity contribution is 6.58. The number of hydrogen-bond donors (Lipinski definition) is 2. The number of nitrogens with zero attached hydrogens (tertiary/aromatic N) is 2. The number of allylic oxidation sites excluding steroid dienone is 2. The molecular formula is C25H15Cl2F5N2O7. The molecule has 1 aromatic heterocycles. The first kappa shape index (κ1) is 27.8. The molecule has 0 bridgehead atoms. The van der Waals surface area contributed by atoms with Crippen molar-refractivity contribution in [1.82, 2.24) is 5.06 Å². The van der Waals surface area contributed by atoms with E-state index in [4.69, 9.17) is 27.6 Å². The summed E-state index contributed by atoms with van der Waals surface area (Å²) in [5.74, 6) is -23.1. The van der Waals surface area contributed by atoms with Gasteiger partial charge in [0.1, 0.15) is 23.8 Å². The number of hydrogen-bond acceptors (Lipinski definition) is 7. The number of imide groups is 2. The van der Waals surface area contributed by atoms with Crippen molar-refractivity contribution in [3.8, 4) is 0 Å². The highest BCUT2D eigenvalue weighted by Gasteiger charge is 2.77. The summed E-state index contributed by atoms with van der Waals surface area (Å²) in [5.41, 5.74) is -1.75. The molecule has 2 aliphatic carbocycles. The molecule has 4 aliphatic rings. The number of carbonyl (C=O) groups excluding carboxylic acids is 4. The fourth-order valence-corrected chi connectivity index (χ4v) is 7.41. The third-order valence-corrected chi connectivity index (χ3v) is 9.73. The van der Waals surface area contributed by atoms with E-state index in [9.17, 15) is 51.4 Å². The lowest BCUT2D eigenvalue weighted by Gasteiger charge is -2.49. The van der Waals surface area contributed by atoms with Crippen LogP contribution in [0.2, 0.25) is 0 Å². The van der Waals surface area contributed by atoms with Gasteiger partial charge in [-0.3, -0.25) is 24.4 Å². The van der Waals surface area contributed by atoms with Crippen LogP contribution in [0, 0.1) is 46.8 Å². The lowest BCUT2D eigenvalue weighted by molar-refractivity contribution is -0.173. The van der Waals surface area contributed by atoms with Crippen LogP contribution < -0.4 is 4.90 Å². The Balaban J connectivity index is 1.60. The number of hydroxylamine groups is 2. The van der Waals surface area contributed by atoms with Gasteiger partial charge in [-0.1, -0.05) is 11.6 Å². The van der Waals surface area contributed by atoms with Crippen molar-refractivity contribution in [3.63, 3.8) is 0 Å². The topological polar surface area (TPSA) is 128 Å². The molecular weight excluding hydrogens is 606 g/mol. The molecule has 3 heterocycles. The van der Waals surface area contributed by atoms with Crippen LogP contribution in [0.15, 0.2) is 28.2 Å². The maximum Gasteiger partial charge on any atom is 0.258 e. The minimum Gasteiger partial charge on any atom is -0.463 e. The van der Waals surface area contributed by atoms with Gasteiger partial charge in [0.25, 0.3) is 23.6 Å². The zero-order chi connectivity index (χ0) is 29.9. The first-order valence-electron chi connectivity index (χ1n) is 12.0. The Morgan fingerprint density at radius 1 is 0.902 bits per heavy atom. The second-order valence-corrected chi connectivity index (χ2v) is 11.4. The maximum absolute atomic E-state index is 14.9. The molecule has 1 saturated carbocycles. The summed E-state index contributed by atoms with van der Waals surface area (Å²) in [6.45, 7) is -0.628. The molecule has 9 nitrogen and oxygen atoms in total. The second-order valence-electron chi connectivity index (χ2n) is 10.1. The predicted octanol–water partition coefficient (Wildman–Crippen LogP) is 3.42. The summed E-state index contributed by atoms with van der Waals surface area (Å²) in [6, 6.07) is 2.54. The predicted molar refractivity (Wildman–Crippen MR) is 125 cm³/mol. The largest absolute Gasteiger partial charge is 0.463 e. The number of halogens is 7. The minimum atomic E-state index is -2.73. The number of amides is 4. The number of aliphatic hydroxyl groups is 1. The molecule has 216 valence electrons. The molecule has 2 saturated heterocycles. The van der Waals surface area contributed by atoms with Gasteiger partial charge in [0.2, 0.25) is 5.82 Å². The number of alkyl halides is 2. The standard InChI is InChI=1S/C25H15Cl2F5N2O7/c26-24-5-10-8(2-3-9-12(10)21(37)34(40)20(9)36)13(11-4-1-7(6-35)41-11)25(24,27)23(39)33(22(24)38)19-17(31)15(29)14(28)16(30)18(19)32/h1-2,4,9-10,12-13,35,40H,3,5-6H2. The van der Waals surface area contributed by atoms with Crippen LogP contribution in [-0.4, -0.2) is 48.8 Å². The number of furan rings is 1. The molecule has 2 aliphatic heterocycles. The molecule has 6 atom stereocenters. The molecule has 6 unspecified atom stereocenters. The zero-order valence-corrected chi connectivity index (χ0v) is 21.7. The van der Waals surface area contributed by atoms with Crippen molar-refractivity contribution in [3.05, 3.63) is 64.4 Å². The van der Waals surface area contributed by atoms with Gasteiger partial charge in [0, 0.05) is 0 Å². The molecule has 0 radical (unpaired) electrons. The van der Waals surface area contributed by atoms with E-state index >= 15 is 0 Å². The van der Waals surface area contributed by atoms with Gasteiger partial charge in [-0.15, -0.1) is 23.2 Å². The van der Waals surface area contributed by atoms with Crippen molar-refractivity contribution in [2.75, 3.05) is 4.90 Å². The van der Waals surface area contributed by atoms with Crippen molar-refractivity contribution < 1.29 is 55.9 Å². The van der Waals surface area contributed by atoms with Crippen LogP contribution in [0.5, 0.6) is 0 Å². The van der Waals surface area contributed by atoms with E-state index in [0.29, 0.717) is 0 Å². The van der Waals surface area contributed by atoms with Crippen molar-refractivity contribution in [1.29, 1.82) is 0 Å². The summed E-state index contributed by atoms with van der Waals surface area (Å²) in [4.78, 5) is 47.5. The number of anilines is 1. The number of aliphatic hydroxyl groups excluding tert-OH is 1. The van der Waals surface area contributed by atoms with Crippen LogP contribution in [0.4, 0.5) is 27.6 Å². The van der Waals surface area contributed by atoms with E-state index in [0.717, 1.165) is 0 Å². The molecule has 6 rings (SSSR count). The fourth-order valence-electron chi connectivity index (χ4n) is 6.50. The Bertz CT molecular complexity index is 1600. The molecule has 41 heavy (non-hydrogen) atoms. The van der Waals surface area contributed by atoms with E-state index in [-0.39, 0.29) is 33.5 Å². The van der Waals surface area contributed by atoms with Crippen LogP contribution in [-0.2, 0) is 25.8 Å². The average molecular weight is 621 g/mol. The fraction of sp³-hybridized carbons (Fsp3) is 0.360. The highest BCUT2D eigenvalue weighted by Crippen LogP contribution is 2.66. The summed E-state index contributed by atoms with van der Waals surface area (Å²) in [6.07, 6.45) is 0.591. The normalized spacial score (nSPS) is 32.9. The Hall–Kier alpha value is -3.33. The monoisotopic (exact) mass is 620 g/mol. The quantitative estimate of drug-likeness (QED) is 0.102. The third-order valence-electron chi connectivity index (χ3n) is 8.32. The lowest BCUT2D eigenvalue weighted by atomic mass is 9.57.